The summed E-state index contributed by atoms with van der Waals surface area (Å²) in [5.74, 6) is -0.478. The fourth-order valence-electron chi connectivity index (χ4n) is 2.24. The van der Waals surface area contributed by atoms with E-state index in [0.717, 1.165) is 12.8 Å². The van der Waals surface area contributed by atoms with Crippen molar-refractivity contribution in [2.75, 3.05) is 0 Å². The summed E-state index contributed by atoms with van der Waals surface area (Å²) in [7, 11) is 0. The third-order valence-electron chi connectivity index (χ3n) is 3.30. The zero-order valence-corrected chi connectivity index (χ0v) is 12.1. The van der Waals surface area contributed by atoms with Crippen LogP contribution in [-0.2, 0) is 0 Å². The van der Waals surface area contributed by atoms with Crippen LogP contribution in [0, 0.1) is 10.1 Å². The number of carbonyl (C=O) groups excluding carboxylic acids is 1. The van der Waals surface area contributed by atoms with Gasteiger partial charge in [0.05, 0.1) is 4.92 Å². The lowest BCUT2D eigenvalue weighted by molar-refractivity contribution is -0.384. The van der Waals surface area contributed by atoms with Crippen LogP contribution in [0.15, 0.2) is 24.3 Å². The number of carbonyl (C=O) groups is 1. The van der Waals surface area contributed by atoms with Gasteiger partial charge in [-0.15, -0.1) is 0 Å². The molecule has 0 atom stereocenters. The van der Waals surface area contributed by atoms with Crippen molar-refractivity contribution in [1.29, 1.82) is 0 Å². The maximum Gasteiger partial charge on any atom is 0.270 e. The largest absolute Gasteiger partial charge is 0.359 e. The second-order valence-corrected chi connectivity index (χ2v) is 5.25. The number of hydrogen-bond donors (Lipinski definition) is 3. The Hall–Kier alpha value is -2.22. The molecular formula is C13H16N4O3S. The molecule has 0 heterocycles. The average Bonchev–Trinajstić information content (AvgIpc) is 2.97. The maximum absolute atomic E-state index is 11.9. The molecule has 1 amide bonds. The summed E-state index contributed by atoms with van der Waals surface area (Å²) in [4.78, 5) is 22.0. The number of nitrogens with zero attached hydrogens (tertiary/aromatic N) is 1. The lowest BCUT2D eigenvalue weighted by atomic mass is 10.2. The van der Waals surface area contributed by atoms with Gasteiger partial charge in [-0.1, -0.05) is 18.9 Å². The minimum Gasteiger partial charge on any atom is -0.359 e. The molecule has 0 aliphatic heterocycles. The van der Waals surface area contributed by atoms with Crippen LogP contribution in [0.1, 0.15) is 36.0 Å². The molecule has 21 heavy (non-hydrogen) atoms. The molecule has 0 radical (unpaired) electrons. The van der Waals surface area contributed by atoms with Crippen LogP contribution in [0.2, 0.25) is 0 Å². The van der Waals surface area contributed by atoms with Crippen molar-refractivity contribution in [3.8, 4) is 0 Å². The van der Waals surface area contributed by atoms with E-state index in [-0.39, 0.29) is 11.3 Å². The van der Waals surface area contributed by atoms with Crippen molar-refractivity contribution >= 4 is 28.9 Å². The first-order chi connectivity index (χ1) is 10.1. The Bertz CT molecular complexity index is 558. The van der Waals surface area contributed by atoms with Gasteiger partial charge in [0.2, 0.25) is 0 Å². The number of non-ortho nitro benzene ring substituents is 1. The van der Waals surface area contributed by atoms with E-state index in [9.17, 15) is 14.9 Å². The highest BCUT2D eigenvalue weighted by atomic mass is 32.1. The lowest BCUT2D eigenvalue weighted by Gasteiger charge is -2.16. The zero-order valence-electron chi connectivity index (χ0n) is 11.3. The predicted octanol–water partition coefficient (Wildman–Crippen LogP) is 1.65. The number of thiocarbonyl (C=S) groups is 1. The third kappa shape index (κ3) is 4.38. The summed E-state index contributed by atoms with van der Waals surface area (Å²) >= 11 is 5.08. The van der Waals surface area contributed by atoms with E-state index in [1.165, 1.54) is 37.1 Å². The second kappa shape index (κ2) is 6.98. The first-order valence-corrected chi connectivity index (χ1v) is 7.08. The molecule has 0 unspecified atom stereocenters. The van der Waals surface area contributed by atoms with E-state index in [4.69, 9.17) is 12.2 Å². The van der Waals surface area contributed by atoms with Gasteiger partial charge in [-0.05, 0) is 31.1 Å². The molecule has 1 aromatic carbocycles. The van der Waals surface area contributed by atoms with Crippen LogP contribution in [0.25, 0.3) is 0 Å². The summed E-state index contributed by atoms with van der Waals surface area (Å²) in [6.07, 6.45) is 4.50. The third-order valence-corrected chi connectivity index (χ3v) is 3.52. The molecule has 112 valence electrons. The molecule has 7 nitrogen and oxygen atoms in total. The van der Waals surface area contributed by atoms with E-state index in [0.29, 0.717) is 11.2 Å². The molecule has 8 heteroatoms. The van der Waals surface area contributed by atoms with Crippen molar-refractivity contribution in [3.63, 3.8) is 0 Å². The van der Waals surface area contributed by atoms with Crippen LogP contribution in [0.3, 0.4) is 0 Å². The smallest absolute Gasteiger partial charge is 0.270 e. The fraction of sp³-hybridized carbons (Fsp3) is 0.385. The highest BCUT2D eigenvalue weighted by Gasteiger charge is 2.16. The number of amides is 1. The minimum absolute atomic E-state index is 0.130. The molecule has 0 saturated heterocycles. The van der Waals surface area contributed by atoms with Gasteiger partial charge in [-0.25, -0.2) is 0 Å². The topological polar surface area (TPSA) is 96.3 Å². The van der Waals surface area contributed by atoms with Crippen molar-refractivity contribution < 1.29 is 9.72 Å². The Kier molecular flexibility index (Phi) is 5.04. The molecule has 0 spiro atoms. The van der Waals surface area contributed by atoms with Gasteiger partial charge >= 0.3 is 0 Å². The highest BCUT2D eigenvalue weighted by molar-refractivity contribution is 7.80. The Morgan fingerprint density at radius 3 is 2.67 bits per heavy atom. The normalized spacial score (nSPS) is 14.5. The van der Waals surface area contributed by atoms with Crippen LogP contribution in [0.5, 0.6) is 0 Å². The Balaban J connectivity index is 1.85. The minimum atomic E-state index is -0.545. The van der Waals surface area contributed by atoms with Crippen LogP contribution in [-0.4, -0.2) is 22.0 Å². The molecule has 1 aliphatic carbocycles. The number of hydrazine groups is 1. The molecule has 1 fully saturated rings. The monoisotopic (exact) mass is 308 g/mol. The Morgan fingerprint density at radius 2 is 2.00 bits per heavy atom. The first kappa shape index (κ1) is 15.2. The van der Waals surface area contributed by atoms with E-state index < -0.39 is 10.8 Å². The van der Waals surface area contributed by atoms with Gasteiger partial charge in [0, 0.05) is 23.7 Å². The van der Waals surface area contributed by atoms with Crippen molar-refractivity contribution in [3.05, 3.63) is 39.9 Å². The summed E-state index contributed by atoms with van der Waals surface area (Å²) in [6, 6.07) is 5.85. The zero-order chi connectivity index (χ0) is 15.2. The van der Waals surface area contributed by atoms with E-state index in [2.05, 4.69) is 16.2 Å². The van der Waals surface area contributed by atoms with Crippen molar-refractivity contribution in [1.82, 2.24) is 16.2 Å². The van der Waals surface area contributed by atoms with Gasteiger partial charge in [0.1, 0.15) is 0 Å². The summed E-state index contributed by atoms with van der Waals surface area (Å²) in [5.41, 5.74) is 5.10. The number of rotatable bonds is 3. The van der Waals surface area contributed by atoms with Gasteiger partial charge in [0.15, 0.2) is 5.11 Å². The first-order valence-electron chi connectivity index (χ1n) is 6.67. The SMILES string of the molecule is O=C(NNC(=S)NC1CCCC1)c1cccc([N+](=O)[O-])c1. The van der Waals surface area contributed by atoms with Crippen LogP contribution >= 0.6 is 12.2 Å². The number of nitrogens with one attached hydrogen (secondary N) is 3. The van der Waals surface area contributed by atoms with Crippen molar-refractivity contribution in [2.24, 2.45) is 0 Å². The highest BCUT2D eigenvalue weighted by Crippen LogP contribution is 2.17. The van der Waals surface area contributed by atoms with Gasteiger partial charge in [-0.3, -0.25) is 25.8 Å². The van der Waals surface area contributed by atoms with E-state index >= 15 is 0 Å². The predicted molar refractivity (Wildman–Crippen MR) is 81.7 cm³/mol. The van der Waals surface area contributed by atoms with Crippen molar-refractivity contribution in [2.45, 2.75) is 31.7 Å². The molecule has 1 aliphatic rings. The average molecular weight is 308 g/mol. The van der Waals surface area contributed by atoms with Crippen LogP contribution in [0.4, 0.5) is 5.69 Å². The second-order valence-electron chi connectivity index (χ2n) is 4.84. The molecule has 0 aromatic heterocycles. The number of nitro groups is 1. The maximum atomic E-state index is 11.9. The Labute approximate surface area is 127 Å². The van der Waals surface area contributed by atoms with E-state index in [1.807, 2.05) is 0 Å². The molecule has 1 saturated carbocycles. The van der Waals surface area contributed by atoms with E-state index in [1.54, 1.807) is 0 Å². The quantitative estimate of drug-likeness (QED) is 0.446. The molecule has 0 bridgehead atoms. The summed E-state index contributed by atoms with van der Waals surface area (Å²) in [6.45, 7) is 0. The van der Waals surface area contributed by atoms with Gasteiger partial charge in [0.25, 0.3) is 11.6 Å². The fourth-order valence-corrected chi connectivity index (χ4v) is 2.46. The van der Waals surface area contributed by atoms with Gasteiger partial charge < -0.3 is 5.32 Å². The Morgan fingerprint density at radius 1 is 1.29 bits per heavy atom. The molecule has 3 N–H and O–H groups in total. The standard InChI is InChI=1S/C13H16N4O3S/c18-12(9-4-3-7-11(8-9)17(19)20)15-16-13(21)14-10-5-1-2-6-10/h3-4,7-8,10H,1-2,5-6H2,(H,15,18)(H2,14,16,21). The lowest BCUT2D eigenvalue weighted by Crippen LogP contribution is -2.49. The number of nitro benzene ring substituents is 1. The van der Waals surface area contributed by atoms with Gasteiger partial charge in [-0.2, -0.15) is 0 Å². The molecular weight excluding hydrogens is 292 g/mol. The molecule has 2 rings (SSSR count). The summed E-state index contributed by atoms with van der Waals surface area (Å²) in [5, 5.41) is 14.1. The van der Waals surface area contributed by atoms with Crippen LogP contribution < -0.4 is 16.2 Å². The number of hydrogen-bond acceptors (Lipinski definition) is 4. The molecule has 1 aromatic rings. The number of benzene rings is 1. The summed E-state index contributed by atoms with van der Waals surface area (Å²) < 4.78 is 0.